The van der Waals surface area contributed by atoms with Gasteiger partial charge in [0.05, 0.1) is 12.1 Å². The zero-order valence-corrected chi connectivity index (χ0v) is 14.2. The molecule has 1 aromatic rings. The van der Waals surface area contributed by atoms with E-state index in [9.17, 15) is 0 Å². The van der Waals surface area contributed by atoms with E-state index in [4.69, 9.17) is 4.74 Å². The van der Waals surface area contributed by atoms with Gasteiger partial charge in [0.15, 0.2) is 0 Å². The minimum absolute atomic E-state index is 0.287. The molecule has 1 N–H and O–H groups in total. The first kappa shape index (κ1) is 15.5. The van der Waals surface area contributed by atoms with Gasteiger partial charge in [0, 0.05) is 16.5 Å². The number of likely N-dealkylation sites (N-methyl/N-ethyl adjacent to an activating group) is 1. The lowest BCUT2D eigenvalue weighted by Crippen LogP contribution is -2.38. The summed E-state index contributed by atoms with van der Waals surface area (Å²) in [5.41, 5.74) is 0. The maximum absolute atomic E-state index is 5.91. The number of hydrogen-bond acceptors (Lipinski definition) is 3. The Kier molecular flexibility index (Phi) is 6.33. The van der Waals surface area contributed by atoms with Crippen LogP contribution in [0.15, 0.2) is 15.9 Å². The Labute approximate surface area is 129 Å². The van der Waals surface area contributed by atoms with E-state index in [1.165, 1.54) is 41.5 Å². The fourth-order valence-corrected chi connectivity index (χ4v) is 4.90. The molecule has 2 rings (SSSR count). The van der Waals surface area contributed by atoms with E-state index >= 15 is 0 Å². The van der Waals surface area contributed by atoms with Crippen molar-refractivity contribution in [2.24, 2.45) is 5.92 Å². The van der Waals surface area contributed by atoms with Crippen LogP contribution >= 0.6 is 27.3 Å². The van der Waals surface area contributed by atoms with Gasteiger partial charge < -0.3 is 10.1 Å². The van der Waals surface area contributed by atoms with Crippen LogP contribution in [0.4, 0.5) is 0 Å². The molecule has 0 spiro atoms. The van der Waals surface area contributed by atoms with Crippen molar-refractivity contribution in [2.75, 3.05) is 13.7 Å². The number of rotatable bonds is 6. The Balaban J connectivity index is 2.17. The van der Waals surface area contributed by atoms with E-state index < -0.39 is 0 Å². The molecule has 1 heterocycles. The SMILES string of the molecule is CCNC(c1sccc1Br)C(OC)C1CCCCC1. The third kappa shape index (κ3) is 3.81. The number of hydrogen-bond donors (Lipinski definition) is 1. The number of methoxy groups -OCH3 is 1. The normalized spacial score (nSPS) is 20.4. The average Bonchev–Trinajstić information content (AvgIpc) is 2.86. The van der Waals surface area contributed by atoms with Gasteiger partial charge in [-0.1, -0.05) is 26.2 Å². The number of halogens is 1. The Morgan fingerprint density at radius 2 is 2.16 bits per heavy atom. The van der Waals surface area contributed by atoms with E-state index in [-0.39, 0.29) is 6.10 Å². The zero-order valence-electron chi connectivity index (χ0n) is 11.8. The molecule has 2 unspecified atom stereocenters. The molecule has 1 aliphatic carbocycles. The quantitative estimate of drug-likeness (QED) is 0.802. The minimum Gasteiger partial charge on any atom is -0.379 e. The Morgan fingerprint density at radius 1 is 1.42 bits per heavy atom. The Hall–Kier alpha value is 0.1000. The molecule has 0 bridgehead atoms. The molecular weight excluding hydrogens is 322 g/mol. The third-order valence-corrected chi connectivity index (χ3v) is 6.02. The van der Waals surface area contributed by atoms with E-state index in [2.05, 4.69) is 39.6 Å². The molecule has 108 valence electrons. The van der Waals surface area contributed by atoms with Gasteiger partial charge >= 0.3 is 0 Å². The van der Waals surface area contributed by atoms with Gasteiger partial charge in [0.25, 0.3) is 0 Å². The first-order valence-electron chi connectivity index (χ1n) is 7.27. The highest BCUT2D eigenvalue weighted by Gasteiger charge is 2.32. The van der Waals surface area contributed by atoms with Crippen LogP contribution in [0.1, 0.15) is 49.9 Å². The van der Waals surface area contributed by atoms with Crippen molar-refractivity contribution in [1.82, 2.24) is 5.32 Å². The summed E-state index contributed by atoms with van der Waals surface area (Å²) in [6.07, 6.45) is 7.01. The topological polar surface area (TPSA) is 21.3 Å². The molecular formula is C15H24BrNOS. The van der Waals surface area contributed by atoms with Crippen LogP contribution in [0.25, 0.3) is 0 Å². The van der Waals surface area contributed by atoms with Crippen LogP contribution < -0.4 is 5.32 Å². The van der Waals surface area contributed by atoms with Crippen molar-refractivity contribution < 1.29 is 4.74 Å². The molecule has 0 aromatic carbocycles. The molecule has 0 aliphatic heterocycles. The standard InChI is InChI=1S/C15H24BrNOS/c1-3-17-13(15-12(16)9-10-19-15)14(18-2)11-7-5-4-6-8-11/h9-11,13-14,17H,3-8H2,1-2H3. The molecule has 0 saturated heterocycles. The summed E-state index contributed by atoms with van der Waals surface area (Å²) in [7, 11) is 1.87. The maximum atomic E-state index is 5.91. The van der Waals surface area contributed by atoms with Crippen molar-refractivity contribution in [3.8, 4) is 0 Å². The summed E-state index contributed by atoms with van der Waals surface area (Å²) in [4.78, 5) is 1.37. The zero-order chi connectivity index (χ0) is 13.7. The molecule has 4 heteroatoms. The highest BCUT2D eigenvalue weighted by Crippen LogP contribution is 2.38. The highest BCUT2D eigenvalue weighted by molar-refractivity contribution is 9.10. The lowest BCUT2D eigenvalue weighted by atomic mass is 9.82. The summed E-state index contributed by atoms with van der Waals surface area (Å²) in [6.45, 7) is 3.14. The molecule has 2 nitrogen and oxygen atoms in total. The fraction of sp³-hybridized carbons (Fsp3) is 0.733. The van der Waals surface area contributed by atoms with Crippen LogP contribution in [0.2, 0.25) is 0 Å². The molecule has 19 heavy (non-hydrogen) atoms. The predicted molar refractivity (Wildman–Crippen MR) is 85.8 cm³/mol. The second-order valence-corrected chi connectivity index (χ2v) is 7.07. The van der Waals surface area contributed by atoms with Crippen LogP contribution in [-0.4, -0.2) is 19.8 Å². The van der Waals surface area contributed by atoms with E-state index in [0.717, 1.165) is 6.54 Å². The average molecular weight is 346 g/mol. The summed E-state index contributed by atoms with van der Waals surface area (Å²) in [5.74, 6) is 0.691. The van der Waals surface area contributed by atoms with Crippen LogP contribution in [0, 0.1) is 5.92 Å². The van der Waals surface area contributed by atoms with Gasteiger partial charge in [-0.15, -0.1) is 11.3 Å². The van der Waals surface area contributed by atoms with Gasteiger partial charge in [-0.25, -0.2) is 0 Å². The number of ether oxygens (including phenoxy) is 1. The van der Waals surface area contributed by atoms with E-state index in [0.29, 0.717) is 12.0 Å². The van der Waals surface area contributed by atoms with Crippen molar-refractivity contribution in [2.45, 2.75) is 51.2 Å². The van der Waals surface area contributed by atoms with Gasteiger partial charge in [0.1, 0.15) is 0 Å². The van der Waals surface area contributed by atoms with Gasteiger partial charge in [0.2, 0.25) is 0 Å². The summed E-state index contributed by atoms with van der Waals surface area (Å²) < 4.78 is 7.12. The number of thiophene rings is 1. The summed E-state index contributed by atoms with van der Waals surface area (Å²) in [6, 6.07) is 2.45. The van der Waals surface area contributed by atoms with Crippen LogP contribution in [0.5, 0.6) is 0 Å². The second-order valence-electron chi connectivity index (χ2n) is 5.27. The van der Waals surface area contributed by atoms with Crippen molar-refractivity contribution in [3.05, 3.63) is 20.8 Å². The maximum Gasteiger partial charge on any atom is 0.0802 e. The molecule has 0 amide bonds. The monoisotopic (exact) mass is 345 g/mol. The molecule has 1 saturated carbocycles. The first-order chi connectivity index (χ1) is 9.27. The van der Waals surface area contributed by atoms with Crippen LogP contribution in [0.3, 0.4) is 0 Å². The molecule has 1 aromatic heterocycles. The lowest BCUT2D eigenvalue weighted by molar-refractivity contribution is 0.00865. The minimum atomic E-state index is 0.287. The molecule has 1 fully saturated rings. The van der Waals surface area contributed by atoms with Crippen molar-refractivity contribution >= 4 is 27.3 Å². The molecule has 2 atom stereocenters. The Bertz CT molecular complexity index is 376. The summed E-state index contributed by atoms with van der Waals surface area (Å²) in [5, 5.41) is 5.78. The largest absolute Gasteiger partial charge is 0.379 e. The smallest absolute Gasteiger partial charge is 0.0802 e. The molecule has 0 radical (unpaired) electrons. The van der Waals surface area contributed by atoms with Crippen molar-refractivity contribution in [3.63, 3.8) is 0 Å². The highest BCUT2D eigenvalue weighted by atomic mass is 79.9. The lowest BCUT2D eigenvalue weighted by Gasteiger charge is -2.35. The first-order valence-corrected chi connectivity index (χ1v) is 8.94. The third-order valence-electron chi connectivity index (χ3n) is 4.07. The summed E-state index contributed by atoms with van der Waals surface area (Å²) >= 11 is 5.49. The van der Waals surface area contributed by atoms with Crippen LogP contribution in [-0.2, 0) is 4.74 Å². The predicted octanol–water partition coefficient (Wildman–Crippen LogP) is 4.76. The number of nitrogens with one attached hydrogen (secondary N) is 1. The van der Waals surface area contributed by atoms with Gasteiger partial charge in [-0.3, -0.25) is 0 Å². The fourth-order valence-electron chi connectivity index (χ4n) is 3.17. The van der Waals surface area contributed by atoms with E-state index in [1.807, 2.05) is 18.4 Å². The van der Waals surface area contributed by atoms with Crippen molar-refractivity contribution in [1.29, 1.82) is 0 Å². The second kappa shape index (κ2) is 7.77. The Morgan fingerprint density at radius 3 is 2.68 bits per heavy atom. The van der Waals surface area contributed by atoms with E-state index in [1.54, 1.807) is 0 Å². The van der Waals surface area contributed by atoms with Gasteiger partial charge in [-0.2, -0.15) is 0 Å². The van der Waals surface area contributed by atoms with Gasteiger partial charge in [-0.05, 0) is 52.7 Å². The molecule has 1 aliphatic rings.